The van der Waals surface area contributed by atoms with Gasteiger partial charge in [0.25, 0.3) is 5.71 Å². The van der Waals surface area contributed by atoms with Crippen molar-refractivity contribution in [2.75, 3.05) is 0 Å². The molecule has 0 aromatic carbocycles. The van der Waals surface area contributed by atoms with Crippen LogP contribution in [0.15, 0.2) is 24.3 Å². The van der Waals surface area contributed by atoms with Crippen molar-refractivity contribution in [2.45, 2.75) is 6.42 Å². The third-order valence-corrected chi connectivity index (χ3v) is 0.991. The molecule has 0 saturated heterocycles. The van der Waals surface area contributed by atoms with Gasteiger partial charge in [-0.15, -0.1) is 0 Å². The van der Waals surface area contributed by atoms with E-state index >= 15 is 0 Å². The van der Waals surface area contributed by atoms with Crippen LogP contribution < -0.4 is 0 Å². The lowest BCUT2D eigenvalue weighted by Gasteiger charge is -1.85. The molecule has 0 unspecified atom stereocenters. The van der Waals surface area contributed by atoms with E-state index in [-0.39, 0.29) is 0 Å². The van der Waals surface area contributed by atoms with E-state index in [1.54, 1.807) is 6.08 Å². The van der Waals surface area contributed by atoms with Crippen LogP contribution in [0.4, 0.5) is 0 Å². The highest BCUT2D eigenvalue weighted by atomic mass is 31.2. The monoisotopic (exact) mass is 204 g/mol. The minimum Gasteiger partial charge on any atom is -0.361 e. The standard InChI is InChI=1S/C6H6N2.H3O4P/c7-8-6-4-2-1-3-5-6;1-5(2,3)4/h1-4H,5H2;(H3,1,2,3,4). The van der Waals surface area contributed by atoms with E-state index in [1.807, 2.05) is 18.2 Å². The highest BCUT2D eigenvalue weighted by molar-refractivity contribution is 7.45. The predicted octanol–water partition coefficient (Wildman–Crippen LogP) is 0.245. The summed E-state index contributed by atoms with van der Waals surface area (Å²) in [5.74, 6) is 0. The smallest absolute Gasteiger partial charge is 0.361 e. The molecule has 13 heavy (non-hydrogen) atoms. The third kappa shape index (κ3) is 11.0. The number of hydrogen-bond acceptors (Lipinski definition) is 1. The van der Waals surface area contributed by atoms with E-state index in [4.69, 9.17) is 24.8 Å². The van der Waals surface area contributed by atoms with Crippen LogP contribution in [0.1, 0.15) is 6.42 Å². The van der Waals surface area contributed by atoms with Crippen LogP contribution in [0.2, 0.25) is 0 Å². The van der Waals surface area contributed by atoms with Crippen molar-refractivity contribution >= 4 is 13.5 Å². The van der Waals surface area contributed by atoms with Gasteiger partial charge in [-0.2, -0.15) is 4.79 Å². The van der Waals surface area contributed by atoms with Crippen LogP contribution in [0, 0.1) is 0 Å². The Labute approximate surface area is 74.7 Å². The lowest BCUT2D eigenvalue weighted by molar-refractivity contribution is -0.00537. The van der Waals surface area contributed by atoms with E-state index in [1.165, 1.54) is 0 Å². The molecule has 0 atom stereocenters. The molecule has 0 aromatic heterocycles. The Bertz CT molecular complexity index is 302. The quantitative estimate of drug-likeness (QED) is 0.298. The maximum atomic E-state index is 8.88. The van der Waals surface area contributed by atoms with Crippen molar-refractivity contribution in [1.29, 1.82) is 0 Å². The first kappa shape index (κ1) is 12.0. The van der Waals surface area contributed by atoms with Crippen molar-refractivity contribution in [3.8, 4) is 0 Å². The molecule has 0 bridgehead atoms. The predicted molar refractivity (Wildman–Crippen MR) is 45.8 cm³/mol. The molecule has 72 valence electrons. The molecule has 0 spiro atoms. The molecule has 6 nitrogen and oxygen atoms in total. The van der Waals surface area contributed by atoms with Gasteiger partial charge in [0.05, 0.1) is 6.42 Å². The zero-order valence-corrected chi connectivity index (χ0v) is 7.50. The summed E-state index contributed by atoms with van der Waals surface area (Å²) in [4.78, 5) is 24.6. The van der Waals surface area contributed by atoms with E-state index < -0.39 is 7.82 Å². The van der Waals surface area contributed by atoms with Gasteiger partial charge < -0.3 is 20.2 Å². The Kier molecular flexibility index (Phi) is 5.14. The Morgan fingerprint density at radius 2 is 1.92 bits per heavy atom. The first-order valence-corrected chi connectivity index (χ1v) is 4.82. The molecule has 0 amide bonds. The summed E-state index contributed by atoms with van der Waals surface area (Å²) < 4.78 is 8.88. The number of phosphoric acid groups is 1. The highest BCUT2D eigenvalue weighted by Crippen LogP contribution is 2.25. The summed E-state index contributed by atoms with van der Waals surface area (Å²) in [6, 6.07) is 0. The second-order valence-electron chi connectivity index (χ2n) is 2.10. The summed E-state index contributed by atoms with van der Waals surface area (Å²) in [7, 11) is -4.64. The van der Waals surface area contributed by atoms with Gasteiger partial charge in [0.2, 0.25) is 0 Å². The van der Waals surface area contributed by atoms with Crippen molar-refractivity contribution in [2.24, 2.45) is 0 Å². The van der Waals surface area contributed by atoms with Gasteiger partial charge in [0.1, 0.15) is 0 Å². The van der Waals surface area contributed by atoms with Crippen molar-refractivity contribution in [3.05, 3.63) is 29.8 Å². The average molecular weight is 204 g/mol. The minimum absolute atomic E-state index is 0.715. The number of hydrogen-bond donors (Lipinski definition) is 3. The Balaban J connectivity index is 0.000000252. The first-order chi connectivity index (χ1) is 5.93. The van der Waals surface area contributed by atoms with E-state index in [0.29, 0.717) is 5.71 Å². The summed E-state index contributed by atoms with van der Waals surface area (Å²) in [6.45, 7) is 0. The highest BCUT2D eigenvalue weighted by Gasteiger charge is 2.00. The zero-order valence-electron chi connectivity index (χ0n) is 6.61. The maximum absolute atomic E-state index is 8.88. The van der Waals surface area contributed by atoms with Crippen LogP contribution in [0.3, 0.4) is 0 Å². The average Bonchev–Trinajstić information content (AvgIpc) is 2.03. The van der Waals surface area contributed by atoms with Crippen LogP contribution in [-0.4, -0.2) is 25.2 Å². The second-order valence-corrected chi connectivity index (χ2v) is 3.12. The van der Waals surface area contributed by atoms with Crippen LogP contribution in [0.25, 0.3) is 5.53 Å². The van der Waals surface area contributed by atoms with Gasteiger partial charge in [-0.25, -0.2) is 4.57 Å². The Hall–Kier alpha value is -1.03. The maximum Gasteiger partial charge on any atom is 0.466 e. The fraction of sp³-hybridized carbons (Fsp3) is 0.167. The fourth-order valence-electron chi connectivity index (χ4n) is 0.576. The van der Waals surface area contributed by atoms with Gasteiger partial charge >= 0.3 is 7.82 Å². The molecule has 0 aliphatic heterocycles. The molecular weight excluding hydrogens is 195 g/mol. The molecule has 0 radical (unpaired) electrons. The van der Waals surface area contributed by atoms with Gasteiger partial charge in [-0.1, -0.05) is 18.2 Å². The van der Waals surface area contributed by atoms with Crippen molar-refractivity contribution < 1.29 is 24.0 Å². The topological polar surface area (TPSA) is 114 Å². The largest absolute Gasteiger partial charge is 0.466 e. The van der Waals surface area contributed by atoms with Gasteiger partial charge in [0.15, 0.2) is 0 Å². The number of nitrogens with zero attached hydrogens (tertiary/aromatic N) is 2. The molecule has 0 aromatic rings. The lowest BCUT2D eigenvalue weighted by atomic mass is 10.2. The molecule has 3 N–H and O–H groups in total. The second kappa shape index (κ2) is 5.59. The molecule has 0 fully saturated rings. The Morgan fingerprint density at radius 3 is 2.15 bits per heavy atom. The molecule has 7 heteroatoms. The van der Waals surface area contributed by atoms with Gasteiger partial charge in [0, 0.05) is 6.08 Å². The zero-order chi connectivity index (χ0) is 10.3. The van der Waals surface area contributed by atoms with E-state index in [0.717, 1.165) is 6.42 Å². The molecular formula is C6H9N2O4P. The molecule has 1 aliphatic carbocycles. The molecule has 0 saturated carbocycles. The molecule has 0 heterocycles. The summed E-state index contributed by atoms with van der Waals surface area (Å²) in [5.41, 5.74) is 8.91. The lowest BCUT2D eigenvalue weighted by Crippen LogP contribution is -1.93. The first-order valence-electron chi connectivity index (χ1n) is 3.26. The van der Waals surface area contributed by atoms with Crippen molar-refractivity contribution in [3.63, 3.8) is 0 Å². The SMILES string of the molecule is O=P(O)(O)O.[N-]=[N+]=C1C=CC=CC1. The van der Waals surface area contributed by atoms with E-state index in [9.17, 15) is 0 Å². The van der Waals surface area contributed by atoms with Crippen LogP contribution in [0.5, 0.6) is 0 Å². The van der Waals surface area contributed by atoms with Crippen LogP contribution >= 0.6 is 7.82 Å². The third-order valence-electron chi connectivity index (χ3n) is 0.991. The summed E-state index contributed by atoms with van der Waals surface area (Å²) in [5, 5.41) is 0. The fourth-order valence-corrected chi connectivity index (χ4v) is 0.576. The molecule has 1 rings (SSSR count). The number of rotatable bonds is 0. The minimum atomic E-state index is -4.64. The van der Waals surface area contributed by atoms with Crippen molar-refractivity contribution in [1.82, 2.24) is 0 Å². The Morgan fingerprint density at radius 1 is 1.38 bits per heavy atom. The van der Waals surface area contributed by atoms with Gasteiger partial charge in [-0.05, 0) is 0 Å². The van der Waals surface area contributed by atoms with Gasteiger partial charge in [-0.3, -0.25) is 0 Å². The molecule has 1 aliphatic rings. The summed E-state index contributed by atoms with van der Waals surface area (Å²) >= 11 is 0. The normalized spacial score (nSPS) is 14.5. The van der Waals surface area contributed by atoms with Crippen LogP contribution in [-0.2, 0) is 4.57 Å². The van der Waals surface area contributed by atoms with E-state index in [2.05, 4.69) is 4.79 Å². The summed E-state index contributed by atoms with van der Waals surface area (Å²) in [6.07, 6.45) is 8.23. The number of allylic oxidation sites excluding steroid dienone is 4.